The molecule has 16 nitrogen and oxygen atoms in total. The third kappa shape index (κ3) is 9.47. The van der Waals surface area contributed by atoms with Crippen LogP contribution in [0.4, 0.5) is 0 Å². The molecule has 0 amide bonds. The Labute approximate surface area is 279 Å². The van der Waals surface area contributed by atoms with Crippen LogP contribution < -0.4 is 24.6 Å². The SMILES string of the molecule is COc1ccc(COc2c(OC(C)=O)c(=O)oc3cc(O[C@@H]4O[C@H](COC(C)=O)[C@H](OC(C)=O)[C@H](OC(C)=O)[C@H]4OC(C)=O)ccc23)cc1. The highest BCUT2D eigenvalue weighted by Gasteiger charge is 2.53. The topological polar surface area (TPSA) is 199 Å². The molecule has 16 heteroatoms. The van der Waals surface area contributed by atoms with Crippen molar-refractivity contribution in [2.24, 2.45) is 0 Å². The number of ether oxygens (including phenoxy) is 9. The van der Waals surface area contributed by atoms with Crippen LogP contribution in [0, 0.1) is 0 Å². The Morgan fingerprint density at radius 3 is 1.92 bits per heavy atom. The molecule has 0 saturated carbocycles. The maximum atomic E-state index is 13.0. The Morgan fingerprint density at radius 1 is 0.714 bits per heavy atom. The summed E-state index contributed by atoms with van der Waals surface area (Å²) in [4.78, 5) is 72.8. The summed E-state index contributed by atoms with van der Waals surface area (Å²) in [5.74, 6) is -3.83. The fraction of sp³-hybridized carbons (Fsp3) is 0.394. The predicted molar refractivity (Wildman–Crippen MR) is 164 cm³/mol. The lowest BCUT2D eigenvalue weighted by atomic mass is 9.98. The highest BCUT2D eigenvalue weighted by atomic mass is 16.7. The highest BCUT2D eigenvalue weighted by Crippen LogP contribution is 2.37. The van der Waals surface area contributed by atoms with Crippen LogP contribution in [0.3, 0.4) is 0 Å². The largest absolute Gasteiger partial charge is 0.497 e. The second-order valence-corrected chi connectivity index (χ2v) is 10.6. The van der Waals surface area contributed by atoms with Crippen LogP contribution in [0.2, 0.25) is 0 Å². The smallest absolute Gasteiger partial charge is 0.383 e. The molecule has 5 atom stereocenters. The summed E-state index contributed by atoms with van der Waals surface area (Å²) in [5.41, 5.74) is -0.384. The summed E-state index contributed by atoms with van der Waals surface area (Å²) in [6.07, 6.45) is -7.15. The van der Waals surface area contributed by atoms with Gasteiger partial charge in [0.25, 0.3) is 5.75 Å². The van der Waals surface area contributed by atoms with E-state index in [-0.39, 0.29) is 29.1 Å². The van der Waals surface area contributed by atoms with Crippen molar-refractivity contribution >= 4 is 40.8 Å². The van der Waals surface area contributed by atoms with Gasteiger partial charge in [-0.25, -0.2) is 4.79 Å². The predicted octanol–water partition coefficient (Wildman–Crippen LogP) is 2.77. The molecule has 0 spiro atoms. The summed E-state index contributed by atoms with van der Waals surface area (Å²) in [6, 6.07) is 11.1. The summed E-state index contributed by atoms with van der Waals surface area (Å²) in [5, 5.41) is 0.221. The van der Waals surface area contributed by atoms with Crippen LogP contribution >= 0.6 is 0 Å². The monoisotopic (exact) mass is 686 g/mol. The van der Waals surface area contributed by atoms with Crippen LogP contribution in [0.1, 0.15) is 40.2 Å². The molecular weight excluding hydrogens is 652 g/mol. The third-order valence-corrected chi connectivity index (χ3v) is 6.78. The van der Waals surface area contributed by atoms with Crippen LogP contribution in [0.15, 0.2) is 51.7 Å². The molecule has 1 saturated heterocycles. The maximum Gasteiger partial charge on any atom is 0.383 e. The van der Waals surface area contributed by atoms with Gasteiger partial charge in [0.15, 0.2) is 18.0 Å². The third-order valence-electron chi connectivity index (χ3n) is 6.78. The summed E-state index contributed by atoms with van der Waals surface area (Å²) < 4.78 is 55.0. The zero-order chi connectivity index (χ0) is 35.8. The molecule has 0 bridgehead atoms. The number of methoxy groups -OCH3 is 1. The molecular formula is C33H34O16. The second-order valence-electron chi connectivity index (χ2n) is 10.6. The summed E-state index contributed by atoms with van der Waals surface area (Å²) in [7, 11) is 1.53. The first-order valence-electron chi connectivity index (χ1n) is 14.8. The Bertz CT molecular complexity index is 1760. The quantitative estimate of drug-likeness (QED) is 0.153. The first-order chi connectivity index (χ1) is 23.2. The van der Waals surface area contributed by atoms with E-state index in [4.69, 9.17) is 47.0 Å². The molecule has 262 valence electrons. The molecule has 2 aromatic carbocycles. The van der Waals surface area contributed by atoms with Gasteiger partial charge in [-0.1, -0.05) is 12.1 Å². The minimum atomic E-state index is -1.55. The highest BCUT2D eigenvalue weighted by molar-refractivity contribution is 5.87. The van der Waals surface area contributed by atoms with Gasteiger partial charge < -0.3 is 47.0 Å². The van der Waals surface area contributed by atoms with E-state index in [0.29, 0.717) is 11.3 Å². The standard InChI is InChI=1S/C33H34O16/c1-16(34)41-15-26-28(43-17(2)35)29(44-18(3)36)31(46-20(5)38)33(49-26)47-23-11-12-24-25(13-23)48-32(39)30(45-19(4)37)27(24)42-14-21-7-9-22(40-6)10-8-21/h7-13,26,28-29,31,33H,14-15H2,1-6H3/t26-,28+,29+,31-,33-/m1/s1. The lowest BCUT2D eigenvalue weighted by molar-refractivity contribution is -0.288. The molecule has 3 aromatic rings. The van der Waals surface area contributed by atoms with E-state index < -0.39 is 78.5 Å². The Kier molecular flexibility index (Phi) is 11.8. The van der Waals surface area contributed by atoms with Crippen molar-refractivity contribution in [1.82, 2.24) is 0 Å². The van der Waals surface area contributed by atoms with Gasteiger partial charge in [0.05, 0.1) is 12.5 Å². The zero-order valence-electron chi connectivity index (χ0n) is 27.4. The second kappa shape index (κ2) is 16.0. The van der Waals surface area contributed by atoms with E-state index in [2.05, 4.69) is 0 Å². The number of rotatable bonds is 12. The van der Waals surface area contributed by atoms with Crippen molar-refractivity contribution in [2.75, 3.05) is 13.7 Å². The van der Waals surface area contributed by atoms with E-state index in [9.17, 15) is 28.8 Å². The van der Waals surface area contributed by atoms with Crippen molar-refractivity contribution in [3.05, 3.63) is 58.4 Å². The fourth-order valence-corrected chi connectivity index (χ4v) is 4.88. The van der Waals surface area contributed by atoms with Gasteiger partial charge >= 0.3 is 35.5 Å². The number of benzene rings is 2. The number of fused-ring (bicyclic) bond motifs is 1. The number of carbonyl (C=O) groups is 5. The molecule has 0 radical (unpaired) electrons. The van der Waals surface area contributed by atoms with Gasteiger partial charge in [-0.05, 0) is 29.8 Å². The van der Waals surface area contributed by atoms with E-state index in [1.807, 2.05) is 0 Å². The molecule has 1 aliphatic rings. The maximum absolute atomic E-state index is 13.0. The Balaban J connectivity index is 1.73. The Morgan fingerprint density at radius 2 is 1.33 bits per heavy atom. The van der Waals surface area contributed by atoms with Gasteiger partial charge in [-0.15, -0.1) is 0 Å². The average Bonchev–Trinajstić information content (AvgIpc) is 3.02. The minimum Gasteiger partial charge on any atom is -0.497 e. The van der Waals surface area contributed by atoms with E-state index >= 15 is 0 Å². The molecule has 1 aromatic heterocycles. The van der Waals surface area contributed by atoms with Gasteiger partial charge in [0, 0.05) is 40.7 Å². The molecule has 1 aliphatic heterocycles. The van der Waals surface area contributed by atoms with Crippen molar-refractivity contribution in [1.29, 1.82) is 0 Å². The lowest BCUT2D eigenvalue weighted by Crippen LogP contribution is -2.63. The van der Waals surface area contributed by atoms with Crippen molar-refractivity contribution < 1.29 is 71.0 Å². The van der Waals surface area contributed by atoms with E-state index in [1.54, 1.807) is 24.3 Å². The van der Waals surface area contributed by atoms with E-state index in [0.717, 1.165) is 34.6 Å². The lowest BCUT2D eigenvalue weighted by Gasteiger charge is -2.43. The van der Waals surface area contributed by atoms with Crippen molar-refractivity contribution in [3.8, 4) is 23.0 Å². The normalized spacial score (nSPS) is 20.0. The van der Waals surface area contributed by atoms with Crippen molar-refractivity contribution in [2.45, 2.75) is 71.9 Å². The molecule has 0 N–H and O–H groups in total. The summed E-state index contributed by atoms with van der Waals surface area (Å²) >= 11 is 0. The molecule has 0 unspecified atom stereocenters. The number of esters is 5. The molecule has 49 heavy (non-hydrogen) atoms. The van der Waals surface area contributed by atoms with Crippen LogP contribution in [0.25, 0.3) is 11.0 Å². The summed E-state index contributed by atoms with van der Waals surface area (Å²) in [6.45, 7) is 5.05. The minimum absolute atomic E-state index is 0.00195. The number of hydrogen-bond donors (Lipinski definition) is 0. The average molecular weight is 687 g/mol. The van der Waals surface area contributed by atoms with E-state index in [1.165, 1.54) is 25.3 Å². The fourth-order valence-electron chi connectivity index (χ4n) is 4.88. The van der Waals surface area contributed by atoms with Crippen LogP contribution in [-0.2, 0) is 54.3 Å². The first-order valence-corrected chi connectivity index (χ1v) is 14.8. The van der Waals surface area contributed by atoms with Gasteiger partial charge in [-0.3, -0.25) is 24.0 Å². The zero-order valence-corrected chi connectivity index (χ0v) is 27.4. The molecule has 1 fully saturated rings. The van der Waals surface area contributed by atoms with Gasteiger partial charge in [-0.2, -0.15) is 0 Å². The number of hydrogen-bond acceptors (Lipinski definition) is 16. The first kappa shape index (κ1) is 36.2. The number of carbonyl (C=O) groups excluding carboxylic acids is 5. The van der Waals surface area contributed by atoms with Gasteiger partial charge in [0.2, 0.25) is 12.4 Å². The van der Waals surface area contributed by atoms with Crippen LogP contribution in [0.5, 0.6) is 23.0 Å². The Hall–Kier alpha value is -5.64. The van der Waals surface area contributed by atoms with Gasteiger partial charge in [0.1, 0.15) is 36.4 Å². The van der Waals surface area contributed by atoms with Crippen LogP contribution in [-0.4, -0.2) is 74.3 Å². The molecule has 2 heterocycles. The van der Waals surface area contributed by atoms with Crippen molar-refractivity contribution in [3.63, 3.8) is 0 Å². The molecule has 0 aliphatic carbocycles. The molecule has 4 rings (SSSR count).